The number of nitrogens with two attached hydrogens (primary N) is 1. The van der Waals surface area contributed by atoms with E-state index in [1.807, 2.05) is 54.6 Å². The topological polar surface area (TPSA) is 64.3 Å². The van der Waals surface area contributed by atoms with E-state index in [0.717, 1.165) is 16.8 Å². The predicted octanol–water partition coefficient (Wildman–Crippen LogP) is 2.47. The minimum absolute atomic E-state index is 0.325. The third kappa shape index (κ3) is 3.36. The van der Waals surface area contributed by atoms with Crippen molar-refractivity contribution < 1.29 is 9.53 Å². The van der Waals surface area contributed by atoms with Crippen LogP contribution in [0.25, 0.3) is 0 Å². The molecule has 2 rings (SSSR count). The lowest BCUT2D eigenvalue weighted by Gasteiger charge is -2.18. The number of hydrogen-bond acceptors (Lipinski definition) is 4. The Morgan fingerprint density at radius 1 is 1.20 bits per heavy atom. The van der Waals surface area contributed by atoms with Crippen LogP contribution in [0.5, 0.6) is 0 Å². The molecule has 4 heteroatoms. The molecule has 0 saturated carbocycles. The van der Waals surface area contributed by atoms with E-state index in [1.165, 1.54) is 7.11 Å². The zero-order valence-electron chi connectivity index (χ0n) is 11.4. The average molecular weight is 270 g/mol. The predicted molar refractivity (Wildman–Crippen MR) is 79.2 cm³/mol. The maximum absolute atomic E-state index is 12.0. The molecule has 0 amide bonds. The van der Waals surface area contributed by atoms with E-state index in [2.05, 4.69) is 5.32 Å². The minimum atomic E-state index is -0.533. The molecule has 0 fully saturated rings. The van der Waals surface area contributed by atoms with Crippen LogP contribution in [0, 0.1) is 0 Å². The number of carbonyl (C=O) groups excluding carboxylic acids is 1. The molecule has 3 N–H and O–H groups in total. The van der Waals surface area contributed by atoms with Gasteiger partial charge >= 0.3 is 5.97 Å². The highest BCUT2D eigenvalue weighted by molar-refractivity contribution is 5.81. The largest absolute Gasteiger partial charge is 0.467 e. The third-order valence-electron chi connectivity index (χ3n) is 3.04. The first-order chi connectivity index (χ1) is 9.74. The van der Waals surface area contributed by atoms with Crippen LogP contribution >= 0.6 is 0 Å². The highest BCUT2D eigenvalue weighted by Crippen LogP contribution is 2.21. The van der Waals surface area contributed by atoms with Crippen molar-refractivity contribution >= 4 is 11.7 Å². The second-order valence-corrected chi connectivity index (χ2v) is 4.42. The number of anilines is 1. The average Bonchev–Trinajstić information content (AvgIpc) is 2.53. The monoisotopic (exact) mass is 270 g/mol. The van der Waals surface area contributed by atoms with E-state index in [4.69, 9.17) is 10.5 Å². The summed E-state index contributed by atoms with van der Waals surface area (Å²) in [6.07, 6.45) is 0. The minimum Gasteiger partial charge on any atom is -0.467 e. The zero-order valence-corrected chi connectivity index (χ0v) is 11.4. The Bertz CT molecular complexity index is 570. The van der Waals surface area contributed by atoms with Gasteiger partial charge in [0.25, 0.3) is 0 Å². The van der Waals surface area contributed by atoms with Crippen LogP contribution in [-0.4, -0.2) is 13.1 Å². The molecule has 0 heterocycles. The van der Waals surface area contributed by atoms with E-state index in [-0.39, 0.29) is 5.97 Å². The van der Waals surface area contributed by atoms with Gasteiger partial charge in [0.1, 0.15) is 0 Å². The van der Waals surface area contributed by atoms with Gasteiger partial charge in [-0.2, -0.15) is 0 Å². The summed E-state index contributed by atoms with van der Waals surface area (Å²) in [5.74, 6) is -0.325. The first-order valence-corrected chi connectivity index (χ1v) is 6.43. The van der Waals surface area contributed by atoms with Crippen LogP contribution < -0.4 is 11.1 Å². The highest BCUT2D eigenvalue weighted by atomic mass is 16.5. The van der Waals surface area contributed by atoms with Gasteiger partial charge in [-0.15, -0.1) is 0 Å². The van der Waals surface area contributed by atoms with Gasteiger partial charge in [-0.25, -0.2) is 4.79 Å². The van der Waals surface area contributed by atoms with Crippen LogP contribution in [0.15, 0.2) is 54.6 Å². The molecule has 104 valence electrons. The number of nitrogens with one attached hydrogen (secondary N) is 1. The number of rotatable bonds is 5. The van der Waals surface area contributed by atoms with Gasteiger partial charge in [0.2, 0.25) is 0 Å². The Morgan fingerprint density at radius 3 is 2.60 bits per heavy atom. The van der Waals surface area contributed by atoms with Crippen molar-refractivity contribution in [1.82, 2.24) is 0 Å². The van der Waals surface area contributed by atoms with Gasteiger partial charge in [0.15, 0.2) is 6.04 Å². The zero-order chi connectivity index (χ0) is 14.4. The number of methoxy groups -OCH3 is 1. The van der Waals surface area contributed by atoms with Gasteiger partial charge in [-0.05, 0) is 23.3 Å². The van der Waals surface area contributed by atoms with Crippen LogP contribution in [0.3, 0.4) is 0 Å². The van der Waals surface area contributed by atoms with Crippen LogP contribution in [0.2, 0.25) is 0 Å². The Morgan fingerprint density at radius 2 is 1.95 bits per heavy atom. The first kappa shape index (κ1) is 14.1. The lowest BCUT2D eigenvalue weighted by molar-refractivity contribution is -0.141. The fourth-order valence-corrected chi connectivity index (χ4v) is 2.00. The summed E-state index contributed by atoms with van der Waals surface area (Å²) in [5, 5.41) is 3.19. The van der Waals surface area contributed by atoms with Gasteiger partial charge < -0.3 is 15.8 Å². The van der Waals surface area contributed by atoms with Gasteiger partial charge in [-0.1, -0.05) is 42.5 Å². The Labute approximate surface area is 118 Å². The normalized spacial score (nSPS) is 11.7. The van der Waals surface area contributed by atoms with Gasteiger partial charge in [0, 0.05) is 12.2 Å². The molecule has 0 bridgehead atoms. The molecule has 0 spiro atoms. The van der Waals surface area contributed by atoms with E-state index >= 15 is 0 Å². The molecular formula is C16H18N2O2. The molecular weight excluding hydrogens is 252 g/mol. The molecule has 0 aliphatic rings. The summed E-state index contributed by atoms with van der Waals surface area (Å²) in [7, 11) is 1.39. The molecule has 2 aromatic carbocycles. The van der Waals surface area contributed by atoms with Crippen LogP contribution in [0.4, 0.5) is 5.69 Å². The summed E-state index contributed by atoms with van der Waals surface area (Å²) in [4.78, 5) is 12.0. The summed E-state index contributed by atoms with van der Waals surface area (Å²) >= 11 is 0. The van der Waals surface area contributed by atoms with Crippen LogP contribution in [0.1, 0.15) is 17.2 Å². The number of carbonyl (C=O) groups is 1. The molecule has 0 aliphatic carbocycles. The Balaban J connectivity index is 2.26. The number of benzene rings is 2. The quantitative estimate of drug-likeness (QED) is 0.819. The van der Waals surface area contributed by atoms with Gasteiger partial charge in [-0.3, -0.25) is 0 Å². The van der Waals surface area contributed by atoms with E-state index in [9.17, 15) is 4.79 Å². The van der Waals surface area contributed by atoms with E-state index in [0.29, 0.717) is 6.54 Å². The van der Waals surface area contributed by atoms with E-state index < -0.39 is 6.04 Å². The number of ether oxygens (including phenoxy) is 1. The summed E-state index contributed by atoms with van der Waals surface area (Å²) in [6, 6.07) is 16.6. The van der Waals surface area contributed by atoms with Crippen molar-refractivity contribution in [2.24, 2.45) is 5.73 Å². The lowest BCUT2D eigenvalue weighted by Crippen LogP contribution is -2.22. The molecule has 0 radical (unpaired) electrons. The third-order valence-corrected chi connectivity index (χ3v) is 3.04. The van der Waals surface area contributed by atoms with Crippen molar-refractivity contribution in [1.29, 1.82) is 0 Å². The molecule has 0 aromatic heterocycles. The first-order valence-electron chi connectivity index (χ1n) is 6.43. The SMILES string of the molecule is COC(=O)C(Nc1cccc(CN)c1)c1ccccc1. The smallest absolute Gasteiger partial charge is 0.332 e. The van der Waals surface area contributed by atoms with Crippen molar-refractivity contribution in [2.45, 2.75) is 12.6 Å². The van der Waals surface area contributed by atoms with Crippen molar-refractivity contribution in [3.05, 3.63) is 65.7 Å². The fraction of sp³-hybridized carbons (Fsp3) is 0.188. The van der Waals surface area contributed by atoms with Crippen molar-refractivity contribution in [3.63, 3.8) is 0 Å². The second kappa shape index (κ2) is 6.73. The molecule has 0 aliphatic heterocycles. The highest BCUT2D eigenvalue weighted by Gasteiger charge is 2.20. The molecule has 2 aromatic rings. The Kier molecular flexibility index (Phi) is 4.74. The van der Waals surface area contributed by atoms with Crippen LogP contribution in [-0.2, 0) is 16.1 Å². The second-order valence-electron chi connectivity index (χ2n) is 4.42. The fourth-order valence-electron chi connectivity index (χ4n) is 2.00. The van der Waals surface area contributed by atoms with Crippen molar-refractivity contribution in [3.8, 4) is 0 Å². The lowest BCUT2D eigenvalue weighted by atomic mass is 10.1. The summed E-state index contributed by atoms with van der Waals surface area (Å²) < 4.78 is 4.87. The standard InChI is InChI=1S/C16H18N2O2/c1-20-16(19)15(13-7-3-2-4-8-13)18-14-9-5-6-12(10-14)11-17/h2-10,15,18H,11,17H2,1H3. The maximum Gasteiger partial charge on any atom is 0.332 e. The molecule has 1 unspecified atom stereocenters. The molecule has 1 atom stereocenters. The van der Waals surface area contributed by atoms with Gasteiger partial charge in [0.05, 0.1) is 7.11 Å². The summed E-state index contributed by atoms with van der Waals surface area (Å²) in [5.41, 5.74) is 8.33. The number of esters is 1. The molecule has 4 nitrogen and oxygen atoms in total. The Hall–Kier alpha value is -2.33. The molecule has 20 heavy (non-hydrogen) atoms. The number of hydrogen-bond donors (Lipinski definition) is 2. The van der Waals surface area contributed by atoms with Crippen molar-refractivity contribution in [2.75, 3.05) is 12.4 Å². The maximum atomic E-state index is 12.0. The van der Waals surface area contributed by atoms with E-state index in [1.54, 1.807) is 0 Å². The molecule has 0 saturated heterocycles. The summed E-state index contributed by atoms with van der Waals surface area (Å²) in [6.45, 7) is 0.462.